The lowest BCUT2D eigenvalue weighted by molar-refractivity contribution is -0.153. The summed E-state index contributed by atoms with van der Waals surface area (Å²) in [6.07, 6.45) is 4.34. The van der Waals surface area contributed by atoms with Gasteiger partial charge in [-0.25, -0.2) is 34.3 Å². The van der Waals surface area contributed by atoms with E-state index in [9.17, 15) is 24.0 Å². The van der Waals surface area contributed by atoms with Gasteiger partial charge in [0.25, 0.3) is 0 Å². The first-order valence-electron chi connectivity index (χ1n) is 17.4. The monoisotopic (exact) mass is 800 g/mol. The number of hydrogen-bond donors (Lipinski definition) is 1. The highest BCUT2D eigenvalue weighted by molar-refractivity contribution is 6.76. The van der Waals surface area contributed by atoms with Crippen LogP contribution >= 0.6 is 0 Å². The Balaban J connectivity index is 0. The van der Waals surface area contributed by atoms with Crippen molar-refractivity contribution in [1.82, 2.24) is 19.9 Å². The number of ether oxygens (including phenoxy) is 7. The van der Waals surface area contributed by atoms with E-state index in [4.69, 9.17) is 33.5 Å². The third-order valence-corrected chi connectivity index (χ3v) is 9.35. The van der Waals surface area contributed by atoms with Crippen LogP contribution in [0.1, 0.15) is 48.7 Å². The standard InChI is InChI=1S/C14H22N2O4Si.C10H22O4Si.C7H8N2O2.C4H8O3/c1-11(17)14(13(18)12-5-6-15-9-16-12)20-10-19-7-8-21(2,3)4;1-5-14-10(11)8-13-9-12-6-7-15(2,3)4;1-2-11-7(10)6-3-4-8-5-9-6;1-2-7-4(6)3-5/h5-6,9,14H,7-8,10H2,1-4H3;5-9H2,1-4H3;3-5H,2H2,1H3;5H,2-3H2,1H3. The third kappa shape index (κ3) is 31.7. The molecule has 0 fully saturated rings. The average molecular weight is 801 g/mol. The summed E-state index contributed by atoms with van der Waals surface area (Å²) in [5.41, 5.74) is 0.453. The number of nitrogens with zero attached hydrogens (tertiary/aromatic N) is 4. The normalized spacial score (nSPS) is 11.2. The molecule has 0 aliphatic rings. The lowest BCUT2D eigenvalue weighted by atomic mass is 10.1. The van der Waals surface area contributed by atoms with Crippen LogP contribution in [0.4, 0.5) is 0 Å². The van der Waals surface area contributed by atoms with Gasteiger partial charge in [0, 0.05) is 41.8 Å². The summed E-state index contributed by atoms with van der Waals surface area (Å²) in [6, 6.07) is 5.07. The van der Waals surface area contributed by atoms with E-state index in [1.807, 2.05) is 0 Å². The number of rotatable bonds is 21. The molecule has 17 nitrogen and oxygen atoms in total. The quantitative estimate of drug-likeness (QED) is 0.0358. The zero-order valence-electron chi connectivity index (χ0n) is 33.5. The van der Waals surface area contributed by atoms with Crippen LogP contribution in [0.3, 0.4) is 0 Å². The molecule has 2 aromatic rings. The molecule has 1 N–H and O–H groups in total. The number of aliphatic hydroxyl groups excluding tert-OH is 1. The lowest BCUT2D eigenvalue weighted by Gasteiger charge is -2.17. The highest BCUT2D eigenvalue weighted by Gasteiger charge is 2.26. The minimum Gasteiger partial charge on any atom is -0.464 e. The van der Waals surface area contributed by atoms with Crippen molar-refractivity contribution in [2.24, 2.45) is 0 Å². The zero-order valence-corrected chi connectivity index (χ0v) is 35.5. The number of hydrogen-bond acceptors (Lipinski definition) is 17. The number of aromatic nitrogens is 4. The Bertz CT molecular complexity index is 1310. The van der Waals surface area contributed by atoms with E-state index in [1.165, 1.54) is 44.1 Å². The summed E-state index contributed by atoms with van der Waals surface area (Å²) in [5, 5.41) is 7.99. The Morgan fingerprint density at radius 1 is 0.685 bits per heavy atom. The van der Waals surface area contributed by atoms with E-state index in [0.717, 1.165) is 12.1 Å². The number of Topliss-reactive ketones (excluding diaryl/α,β-unsaturated/α-hetero) is 2. The van der Waals surface area contributed by atoms with Crippen molar-refractivity contribution < 1.29 is 62.2 Å². The Hall–Kier alpha value is -3.86. The predicted molar refractivity (Wildman–Crippen MR) is 204 cm³/mol. The van der Waals surface area contributed by atoms with Crippen molar-refractivity contribution in [2.75, 3.05) is 59.8 Å². The molecule has 306 valence electrons. The fraction of sp³-hybridized carbons (Fsp3) is 0.629. The van der Waals surface area contributed by atoms with Crippen LogP contribution < -0.4 is 0 Å². The first-order chi connectivity index (χ1) is 25.4. The molecule has 0 aliphatic heterocycles. The molecule has 1 atom stereocenters. The van der Waals surface area contributed by atoms with Gasteiger partial charge in [-0.05, 0) is 51.9 Å². The van der Waals surface area contributed by atoms with Crippen LogP contribution in [-0.2, 0) is 47.5 Å². The Labute approximate surface area is 320 Å². The van der Waals surface area contributed by atoms with Gasteiger partial charge in [-0.2, -0.15) is 0 Å². The summed E-state index contributed by atoms with van der Waals surface area (Å²) < 4.78 is 34.5. The van der Waals surface area contributed by atoms with Crippen molar-refractivity contribution in [3.8, 4) is 0 Å². The molecule has 0 spiro atoms. The van der Waals surface area contributed by atoms with E-state index >= 15 is 0 Å². The Kier molecular flexibility index (Phi) is 30.5. The maximum absolute atomic E-state index is 12.1. The molecule has 0 aliphatic carbocycles. The van der Waals surface area contributed by atoms with E-state index in [0.29, 0.717) is 38.7 Å². The SMILES string of the molecule is CC(=O)C(OCOCC[Si](C)(C)C)C(=O)c1ccncn1.CCOC(=O)CO.CCOC(=O)COCOCC[Si](C)(C)C.CCOC(=O)c1ccncn1. The highest BCUT2D eigenvalue weighted by Crippen LogP contribution is 2.09. The van der Waals surface area contributed by atoms with Crippen LogP contribution in [0.5, 0.6) is 0 Å². The Morgan fingerprint density at radius 3 is 1.57 bits per heavy atom. The van der Waals surface area contributed by atoms with Crippen LogP contribution in [0.2, 0.25) is 51.4 Å². The summed E-state index contributed by atoms with van der Waals surface area (Å²) in [7, 11) is -2.19. The molecule has 0 amide bonds. The van der Waals surface area contributed by atoms with E-state index < -0.39 is 46.6 Å². The number of ketones is 2. The summed E-state index contributed by atoms with van der Waals surface area (Å²) >= 11 is 0. The molecule has 19 heteroatoms. The average Bonchev–Trinajstić information content (AvgIpc) is 3.12. The van der Waals surface area contributed by atoms with Crippen LogP contribution in [0.15, 0.2) is 37.2 Å². The van der Waals surface area contributed by atoms with E-state index in [2.05, 4.69) is 64.0 Å². The second-order valence-electron chi connectivity index (χ2n) is 13.2. The fourth-order valence-electron chi connectivity index (χ4n) is 3.15. The summed E-state index contributed by atoms with van der Waals surface area (Å²) in [6.45, 7) is 22.0. The van der Waals surface area contributed by atoms with Crippen LogP contribution in [-0.4, -0.2) is 137 Å². The van der Waals surface area contributed by atoms with Crippen molar-refractivity contribution in [2.45, 2.75) is 85.2 Å². The molecule has 0 saturated heterocycles. The molecule has 0 bridgehead atoms. The first kappa shape index (κ1) is 52.2. The maximum atomic E-state index is 12.1. The van der Waals surface area contributed by atoms with Crippen molar-refractivity contribution in [3.05, 3.63) is 48.6 Å². The first-order valence-corrected chi connectivity index (χ1v) is 24.8. The van der Waals surface area contributed by atoms with Crippen molar-refractivity contribution in [3.63, 3.8) is 0 Å². The van der Waals surface area contributed by atoms with Gasteiger partial charge in [0.05, 0.1) is 19.8 Å². The molecule has 54 heavy (non-hydrogen) atoms. The minimum absolute atomic E-state index is 0.0270. The predicted octanol–water partition coefficient (Wildman–Crippen LogP) is 4.02. The summed E-state index contributed by atoms with van der Waals surface area (Å²) in [4.78, 5) is 70.3. The fourth-order valence-corrected chi connectivity index (χ4v) is 4.66. The van der Waals surface area contributed by atoms with Gasteiger partial charge >= 0.3 is 17.9 Å². The van der Waals surface area contributed by atoms with Gasteiger partial charge in [0.2, 0.25) is 5.78 Å². The largest absolute Gasteiger partial charge is 0.464 e. The molecule has 2 aromatic heterocycles. The van der Waals surface area contributed by atoms with Gasteiger partial charge in [-0.1, -0.05) is 39.3 Å². The van der Waals surface area contributed by atoms with Crippen molar-refractivity contribution in [1.29, 1.82) is 0 Å². The topological polar surface area (TPSA) is 222 Å². The minimum atomic E-state index is -1.17. The molecule has 0 radical (unpaired) electrons. The molecule has 0 saturated carbocycles. The highest BCUT2D eigenvalue weighted by atomic mass is 28.3. The molecule has 2 rings (SSSR count). The summed E-state index contributed by atoms with van der Waals surface area (Å²) in [5.74, 6) is -2.16. The molecule has 0 aromatic carbocycles. The molecular formula is C35H60N4O13Si2. The maximum Gasteiger partial charge on any atom is 0.357 e. The van der Waals surface area contributed by atoms with Crippen LogP contribution in [0.25, 0.3) is 0 Å². The van der Waals surface area contributed by atoms with Crippen molar-refractivity contribution >= 4 is 45.6 Å². The Morgan fingerprint density at radius 2 is 1.17 bits per heavy atom. The molecule has 2 heterocycles. The zero-order chi connectivity index (χ0) is 41.4. The second kappa shape index (κ2) is 31.5. The lowest BCUT2D eigenvalue weighted by Crippen LogP contribution is -2.33. The van der Waals surface area contributed by atoms with Gasteiger partial charge in [-0.3, -0.25) is 9.59 Å². The number of carbonyl (C=O) groups excluding carboxylic acids is 5. The number of aliphatic hydroxyl groups is 1. The van der Waals surface area contributed by atoms with E-state index in [1.54, 1.807) is 20.8 Å². The number of esters is 3. The molecule has 1 unspecified atom stereocenters. The van der Waals surface area contributed by atoms with Gasteiger partial charge in [0.1, 0.15) is 45.1 Å². The van der Waals surface area contributed by atoms with Gasteiger partial charge in [-0.15, -0.1) is 0 Å². The smallest absolute Gasteiger partial charge is 0.357 e. The van der Waals surface area contributed by atoms with Gasteiger partial charge in [0.15, 0.2) is 17.6 Å². The van der Waals surface area contributed by atoms with Gasteiger partial charge < -0.3 is 38.3 Å². The van der Waals surface area contributed by atoms with Crippen LogP contribution in [0, 0.1) is 0 Å². The second-order valence-corrected chi connectivity index (χ2v) is 24.5. The molecular weight excluding hydrogens is 741 g/mol. The number of carbonyl (C=O) groups is 5. The van der Waals surface area contributed by atoms with E-state index in [-0.39, 0.29) is 37.6 Å². The third-order valence-electron chi connectivity index (χ3n) is 5.95.